The molecule has 0 aliphatic heterocycles. The smallest absolute Gasteiger partial charge is 0.241 e. The zero-order valence-electron chi connectivity index (χ0n) is 12.9. The molecule has 21 heavy (non-hydrogen) atoms. The molecule has 1 atom stereocenters. The number of carbonyl (C=O) groups is 1. The number of methoxy groups -OCH3 is 1. The fraction of sp³-hybridized carbons (Fsp3) is 0.562. The number of nitrogens with one attached hydrogen (secondary N) is 1. The highest BCUT2D eigenvalue weighted by Gasteiger charge is 2.14. The van der Waals surface area contributed by atoms with Crippen LogP contribution < -0.4 is 11.1 Å². The first kappa shape index (κ1) is 17.6. The van der Waals surface area contributed by atoms with E-state index in [0.29, 0.717) is 26.4 Å². The molecule has 1 amide bonds. The molecule has 118 valence electrons. The second-order valence-corrected chi connectivity index (χ2v) is 4.99. The van der Waals surface area contributed by atoms with E-state index in [1.807, 2.05) is 31.2 Å². The Balaban J connectivity index is 2.14. The Hall–Kier alpha value is -1.43. The van der Waals surface area contributed by atoms with Gasteiger partial charge in [0.05, 0.1) is 13.2 Å². The summed E-state index contributed by atoms with van der Waals surface area (Å²) in [5.74, 6) is -0.140. The van der Waals surface area contributed by atoms with Gasteiger partial charge in [0.2, 0.25) is 5.91 Å². The molecule has 0 saturated carbocycles. The number of aryl methyl sites for hydroxylation is 1. The molecule has 0 aliphatic carbocycles. The van der Waals surface area contributed by atoms with E-state index in [1.165, 1.54) is 0 Å². The van der Waals surface area contributed by atoms with Crippen molar-refractivity contribution in [2.75, 3.05) is 33.5 Å². The van der Waals surface area contributed by atoms with Crippen LogP contribution in [0.3, 0.4) is 0 Å². The Labute approximate surface area is 126 Å². The van der Waals surface area contributed by atoms with Crippen molar-refractivity contribution in [3.63, 3.8) is 0 Å². The van der Waals surface area contributed by atoms with Gasteiger partial charge in [0, 0.05) is 20.3 Å². The standard InChI is InChI=1S/C16H26N2O3/c1-13-5-7-14(8-6-13)15(17)16(19)18-9-3-4-10-21-12-11-20-2/h5-8,15H,3-4,9-12,17H2,1-2H3,(H,18,19). The summed E-state index contributed by atoms with van der Waals surface area (Å²) < 4.78 is 10.2. The Bertz CT molecular complexity index is 406. The van der Waals surface area contributed by atoms with Crippen LogP contribution in [0.1, 0.15) is 30.0 Å². The summed E-state index contributed by atoms with van der Waals surface area (Å²) >= 11 is 0. The maximum Gasteiger partial charge on any atom is 0.241 e. The zero-order valence-corrected chi connectivity index (χ0v) is 12.9. The summed E-state index contributed by atoms with van der Waals surface area (Å²) in [5, 5.41) is 2.85. The van der Waals surface area contributed by atoms with Crippen molar-refractivity contribution in [3.8, 4) is 0 Å². The summed E-state index contributed by atoms with van der Waals surface area (Å²) in [4.78, 5) is 11.9. The van der Waals surface area contributed by atoms with Crippen LogP contribution in [0.4, 0.5) is 0 Å². The van der Waals surface area contributed by atoms with Gasteiger partial charge in [-0.3, -0.25) is 4.79 Å². The van der Waals surface area contributed by atoms with E-state index in [-0.39, 0.29) is 5.91 Å². The minimum absolute atomic E-state index is 0.140. The minimum atomic E-state index is -0.608. The van der Waals surface area contributed by atoms with Crippen LogP contribution in [-0.4, -0.2) is 39.4 Å². The molecular formula is C16H26N2O3. The Morgan fingerprint density at radius 1 is 1.19 bits per heavy atom. The van der Waals surface area contributed by atoms with Crippen LogP contribution in [0.15, 0.2) is 24.3 Å². The van der Waals surface area contributed by atoms with Gasteiger partial charge in [-0.1, -0.05) is 29.8 Å². The van der Waals surface area contributed by atoms with Gasteiger partial charge in [-0.2, -0.15) is 0 Å². The zero-order chi connectivity index (χ0) is 15.5. The third-order valence-electron chi connectivity index (χ3n) is 3.17. The Morgan fingerprint density at radius 3 is 2.57 bits per heavy atom. The maximum absolute atomic E-state index is 11.9. The average Bonchev–Trinajstić information content (AvgIpc) is 2.49. The van der Waals surface area contributed by atoms with Crippen LogP contribution in [0.5, 0.6) is 0 Å². The van der Waals surface area contributed by atoms with Gasteiger partial charge < -0.3 is 20.5 Å². The molecule has 5 nitrogen and oxygen atoms in total. The second kappa shape index (κ2) is 10.3. The van der Waals surface area contributed by atoms with Crippen molar-refractivity contribution in [1.82, 2.24) is 5.32 Å². The lowest BCUT2D eigenvalue weighted by atomic mass is 10.1. The van der Waals surface area contributed by atoms with Gasteiger partial charge >= 0.3 is 0 Å². The number of amides is 1. The maximum atomic E-state index is 11.9. The predicted octanol–water partition coefficient (Wildman–Crippen LogP) is 1.55. The molecule has 1 unspecified atom stereocenters. The van der Waals surface area contributed by atoms with Gasteiger partial charge in [0.15, 0.2) is 0 Å². The van der Waals surface area contributed by atoms with Crippen LogP contribution in [0, 0.1) is 6.92 Å². The van der Waals surface area contributed by atoms with E-state index in [1.54, 1.807) is 7.11 Å². The van der Waals surface area contributed by atoms with E-state index >= 15 is 0 Å². The SMILES string of the molecule is COCCOCCCCNC(=O)C(N)c1ccc(C)cc1. The molecule has 3 N–H and O–H groups in total. The second-order valence-electron chi connectivity index (χ2n) is 4.99. The molecule has 0 saturated heterocycles. The summed E-state index contributed by atoms with van der Waals surface area (Å²) in [6, 6.07) is 7.09. The molecule has 1 aromatic carbocycles. The monoisotopic (exact) mass is 294 g/mol. The molecular weight excluding hydrogens is 268 g/mol. The largest absolute Gasteiger partial charge is 0.382 e. The van der Waals surface area contributed by atoms with Crippen molar-refractivity contribution in [2.45, 2.75) is 25.8 Å². The van der Waals surface area contributed by atoms with Crippen LogP contribution in [-0.2, 0) is 14.3 Å². The van der Waals surface area contributed by atoms with Crippen molar-refractivity contribution < 1.29 is 14.3 Å². The molecule has 1 aromatic rings. The number of unbranched alkanes of at least 4 members (excludes halogenated alkanes) is 1. The first-order valence-electron chi connectivity index (χ1n) is 7.31. The molecule has 0 bridgehead atoms. The third-order valence-corrected chi connectivity index (χ3v) is 3.17. The number of hydrogen-bond acceptors (Lipinski definition) is 4. The predicted molar refractivity (Wildman–Crippen MR) is 83.0 cm³/mol. The number of ether oxygens (including phenoxy) is 2. The molecule has 0 heterocycles. The highest BCUT2D eigenvalue weighted by atomic mass is 16.5. The third kappa shape index (κ3) is 7.22. The quantitative estimate of drug-likeness (QED) is 0.642. The van der Waals surface area contributed by atoms with Gasteiger partial charge in [-0.15, -0.1) is 0 Å². The molecule has 5 heteroatoms. The number of rotatable bonds is 10. The van der Waals surface area contributed by atoms with Crippen molar-refractivity contribution in [2.24, 2.45) is 5.73 Å². The van der Waals surface area contributed by atoms with Crippen LogP contribution in [0.2, 0.25) is 0 Å². The number of hydrogen-bond donors (Lipinski definition) is 2. The first-order valence-corrected chi connectivity index (χ1v) is 7.31. The van der Waals surface area contributed by atoms with Crippen LogP contribution in [0.25, 0.3) is 0 Å². The van der Waals surface area contributed by atoms with Crippen LogP contribution >= 0.6 is 0 Å². The van der Waals surface area contributed by atoms with E-state index in [9.17, 15) is 4.79 Å². The number of benzene rings is 1. The fourth-order valence-electron chi connectivity index (χ4n) is 1.82. The minimum Gasteiger partial charge on any atom is -0.382 e. The number of nitrogens with two attached hydrogens (primary N) is 1. The lowest BCUT2D eigenvalue weighted by molar-refractivity contribution is -0.122. The molecule has 0 aromatic heterocycles. The van der Waals surface area contributed by atoms with Gasteiger partial charge in [-0.25, -0.2) is 0 Å². The van der Waals surface area contributed by atoms with E-state index in [2.05, 4.69) is 5.32 Å². The average molecular weight is 294 g/mol. The molecule has 0 radical (unpaired) electrons. The van der Waals surface area contributed by atoms with E-state index < -0.39 is 6.04 Å². The molecule has 0 fully saturated rings. The lowest BCUT2D eigenvalue weighted by Gasteiger charge is -2.13. The highest BCUT2D eigenvalue weighted by Crippen LogP contribution is 2.11. The van der Waals surface area contributed by atoms with Gasteiger partial charge in [-0.05, 0) is 25.3 Å². The van der Waals surface area contributed by atoms with Gasteiger partial charge in [0.1, 0.15) is 6.04 Å². The molecule has 0 spiro atoms. The number of carbonyl (C=O) groups excluding carboxylic acids is 1. The lowest BCUT2D eigenvalue weighted by Crippen LogP contribution is -2.34. The van der Waals surface area contributed by atoms with E-state index in [0.717, 1.165) is 24.0 Å². The first-order chi connectivity index (χ1) is 10.1. The molecule has 0 aliphatic rings. The Morgan fingerprint density at radius 2 is 1.90 bits per heavy atom. The normalized spacial score (nSPS) is 12.1. The summed E-state index contributed by atoms with van der Waals surface area (Å²) in [5.41, 5.74) is 7.92. The van der Waals surface area contributed by atoms with Crippen molar-refractivity contribution in [3.05, 3.63) is 35.4 Å². The summed E-state index contributed by atoms with van der Waals surface area (Å²) in [7, 11) is 1.65. The summed E-state index contributed by atoms with van der Waals surface area (Å²) in [6.45, 7) is 4.53. The Kier molecular flexibility index (Phi) is 8.66. The fourth-order valence-corrected chi connectivity index (χ4v) is 1.82. The highest BCUT2D eigenvalue weighted by molar-refractivity contribution is 5.82. The van der Waals surface area contributed by atoms with Gasteiger partial charge in [0.25, 0.3) is 0 Å². The van der Waals surface area contributed by atoms with Crippen molar-refractivity contribution in [1.29, 1.82) is 0 Å². The topological polar surface area (TPSA) is 73.6 Å². The molecule has 1 rings (SSSR count). The van der Waals surface area contributed by atoms with Crippen molar-refractivity contribution >= 4 is 5.91 Å². The summed E-state index contributed by atoms with van der Waals surface area (Å²) in [6.07, 6.45) is 1.78. The van der Waals surface area contributed by atoms with E-state index in [4.69, 9.17) is 15.2 Å².